The van der Waals surface area contributed by atoms with Crippen LogP contribution in [0.3, 0.4) is 0 Å². The van der Waals surface area contributed by atoms with Crippen molar-refractivity contribution in [3.8, 4) is 0 Å². The summed E-state index contributed by atoms with van der Waals surface area (Å²) in [5.41, 5.74) is 2.14. The van der Waals surface area contributed by atoms with E-state index in [1.54, 1.807) is 0 Å². The molecule has 1 amide bonds. The topological polar surface area (TPSA) is 106 Å². The molecule has 1 aliphatic rings. The number of aryl methyl sites for hydroxylation is 1. The van der Waals surface area contributed by atoms with Crippen molar-refractivity contribution in [1.29, 1.82) is 0 Å². The molecule has 3 N–H and O–H groups in total. The summed E-state index contributed by atoms with van der Waals surface area (Å²) in [5.74, 6) is 0.610. The number of rotatable bonds is 5. The summed E-state index contributed by atoms with van der Waals surface area (Å²) in [6.07, 6.45) is -1.05. The molecule has 0 saturated carbocycles. The second kappa shape index (κ2) is 6.97. The molecule has 0 atom stereocenters. The van der Waals surface area contributed by atoms with Gasteiger partial charge in [-0.3, -0.25) is 0 Å². The quantitative estimate of drug-likeness (QED) is 0.544. The Bertz CT molecular complexity index is 856. The van der Waals surface area contributed by atoms with Crippen LogP contribution in [0.25, 0.3) is 11.0 Å². The zero-order valence-corrected chi connectivity index (χ0v) is 16.3. The fourth-order valence-electron chi connectivity index (χ4n) is 2.87. The first-order chi connectivity index (χ1) is 12.6. The van der Waals surface area contributed by atoms with Crippen LogP contribution in [0.2, 0.25) is 0 Å². The molecule has 0 radical (unpaired) electrons. The van der Waals surface area contributed by atoms with Gasteiger partial charge in [0.1, 0.15) is 5.82 Å². The van der Waals surface area contributed by atoms with E-state index in [2.05, 4.69) is 15.6 Å². The summed E-state index contributed by atoms with van der Waals surface area (Å²) in [6, 6.07) is 5.75. The lowest BCUT2D eigenvalue weighted by molar-refractivity contribution is 0.00578. The maximum absolute atomic E-state index is 10.6. The summed E-state index contributed by atoms with van der Waals surface area (Å²) in [4.78, 5) is 19.9. The third-order valence-corrected chi connectivity index (χ3v) is 5.10. The van der Waals surface area contributed by atoms with Crippen LogP contribution in [0.15, 0.2) is 18.2 Å². The monoisotopic (exact) mass is 372 g/mol. The number of amides is 1. The Morgan fingerprint density at radius 1 is 1.15 bits per heavy atom. The van der Waals surface area contributed by atoms with Crippen molar-refractivity contribution >= 4 is 35.5 Å². The third-order valence-electron chi connectivity index (χ3n) is 5.10. The molecular formula is C18H25BN4O4. The summed E-state index contributed by atoms with van der Waals surface area (Å²) in [7, 11) is -0.530. The van der Waals surface area contributed by atoms with E-state index in [1.807, 2.05) is 52.8 Å². The van der Waals surface area contributed by atoms with Crippen LogP contribution < -0.4 is 16.1 Å². The number of nitrogens with zero attached hydrogens (tertiary/aromatic N) is 2. The number of carbonyl (C=O) groups is 1. The van der Waals surface area contributed by atoms with Crippen LogP contribution in [0.1, 0.15) is 33.4 Å². The molecule has 1 fully saturated rings. The van der Waals surface area contributed by atoms with E-state index in [0.717, 1.165) is 16.7 Å². The van der Waals surface area contributed by atoms with Crippen molar-refractivity contribution in [3.05, 3.63) is 23.9 Å². The van der Waals surface area contributed by atoms with Crippen LogP contribution in [-0.4, -0.2) is 52.6 Å². The van der Waals surface area contributed by atoms with Gasteiger partial charge in [0.05, 0.1) is 27.9 Å². The number of benzene rings is 1. The molecule has 1 saturated heterocycles. The molecule has 0 unspecified atom stereocenters. The number of hydrogen-bond acceptors (Lipinski definition) is 6. The van der Waals surface area contributed by atoms with Crippen molar-refractivity contribution < 1.29 is 19.2 Å². The highest BCUT2D eigenvalue weighted by atomic mass is 16.7. The van der Waals surface area contributed by atoms with Gasteiger partial charge >= 0.3 is 13.2 Å². The molecule has 0 bridgehead atoms. The van der Waals surface area contributed by atoms with Gasteiger partial charge in [-0.15, -0.1) is 0 Å². The predicted molar refractivity (Wildman–Crippen MR) is 105 cm³/mol. The Morgan fingerprint density at radius 3 is 2.44 bits per heavy atom. The molecular weight excluding hydrogens is 347 g/mol. The molecule has 8 nitrogen and oxygen atoms in total. The van der Waals surface area contributed by atoms with Gasteiger partial charge in [-0.05, 0) is 40.7 Å². The van der Waals surface area contributed by atoms with Crippen LogP contribution in [0.4, 0.5) is 10.6 Å². The second-order valence-electron chi connectivity index (χ2n) is 7.62. The number of fused-ring (bicyclic) bond motifs is 1. The number of para-hydroxylation sites is 1. The normalized spacial score (nSPS) is 17.9. The molecule has 0 spiro atoms. The summed E-state index contributed by atoms with van der Waals surface area (Å²) in [5, 5.41) is 14.1. The highest BCUT2D eigenvalue weighted by Crippen LogP contribution is 2.36. The van der Waals surface area contributed by atoms with Gasteiger partial charge in [-0.25, -0.2) is 14.8 Å². The van der Waals surface area contributed by atoms with E-state index in [0.29, 0.717) is 17.9 Å². The Morgan fingerprint density at radius 2 is 1.81 bits per heavy atom. The number of anilines is 1. The Kier molecular flexibility index (Phi) is 5.01. The van der Waals surface area contributed by atoms with Gasteiger partial charge < -0.3 is 25.0 Å². The zero-order valence-electron chi connectivity index (χ0n) is 16.3. The minimum atomic E-state index is -1.05. The van der Waals surface area contributed by atoms with E-state index in [-0.39, 0.29) is 6.54 Å². The largest absolute Gasteiger partial charge is 0.497 e. The number of nitrogens with one attached hydrogen (secondary N) is 2. The summed E-state index contributed by atoms with van der Waals surface area (Å²) in [6.45, 7) is 10.6. The standard InChI is InChI=1S/C18H25BN4O4/c1-11-15(20-9-10-21-16(24)25)23-14-12(7-6-8-13(14)22-11)19-26-17(2,3)18(4,5)27-19/h6-8,21H,9-10H2,1-5H3,(H,20,23)(H,24,25). The van der Waals surface area contributed by atoms with E-state index < -0.39 is 24.4 Å². The van der Waals surface area contributed by atoms with Gasteiger partial charge in [-0.1, -0.05) is 12.1 Å². The highest BCUT2D eigenvalue weighted by Gasteiger charge is 2.52. The van der Waals surface area contributed by atoms with Crippen molar-refractivity contribution in [3.63, 3.8) is 0 Å². The fourth-order valence-corrected chi connectivity index (χ4v) is 2.87. The molecule has 2 heterocycles. The zero-order chi connectivity index (χ0) is 19.8. The lowest BCUT2D eigenvalue weighted by atomic mass is 9.78. The molecule has 0 aliphatic carbocycles. The van der Waals surface area contributed by atoms with E-state index in [1.165, 1.54) is 0 Å². The number of hydrogen-bond donors (Lipinski definition) is 3. The van der Waals surface area contributed by atoms with Crippen molar-refractivity contribution in [2.24, 2.45) is 0 Å². The van der Waals surface area contributed by atoms with Gasteiger partial charge in [-0.2, -0.15) is 0 Å². The molecule has 1 aliphatic heterocycles. The summed E-state index contributed by atoms with van der Waals surface area (Å²) >= 11 is 0. The van der Waals surface area contributed by atoms with Crippen LogP contribution in [0.5, 0.6) is 0 Å². The molecule has 1 aromatic heterocycles. The molecule has 3 rings (SSSR count). The van der Waals surface area contributed by atoms with Gasteiger partial charge in [0, 0.05) is 18.6 Å². The van der Waals surface area contributed by atoms with Gasteiger partial charge in [0.2, 0.25) is 0 Å². The first-order valence-electron chi connectivity index (χ1n) is 8.94. The lowest BCUT2D eigenvalue weighted by Crippen LogP contribution is -2.41. The second-order valence-corrected chi connectivity index (χ2v) is 7.62. The minimum Gasteiger partial charge on any atom is -0.465 e. The average molecular weight is 372 g/mol. The van der Waals surface area contributed by atoms with E-state index in [4.69, 9.17) is 19.4 Å². The highest BCUT2D eigenvalue weighted by molar-refractivity contribution is 6.64. The predicted octanol–water partition coefficient (Wildman–Crippen LogP) is 1.92. The maximum atomic E-state index is 10.6. The maximum Gasteiger partial charge on any atom is 0.497 e. The molecule has 27 heavy (non-hydrogen) atoms. The van der Waals surface area contributed by atoms with Gasteiger partial charge in [0.25, 0.3) is 0 Å². The minimum absolute atomic E-state index is 0.271. The van der Waals surface area contributed by atoms with Crippen LogP contribution in [0, 0.1) is 6.92 Å². The first kappa shape index (κ1) is 19.4. The van der Waals surface area contributed by atoms with Crippen LogP contribution >= 0.6 is 0 Å². The average Bonchev–Trinajstić information content (AvgIpc) is 2.78. The van der Waals surface area contributed by atoms with Crippen molar-refractivity contribution in [2.45, 2.75) is 45.8 Å². The van der Waals surface area contributed by atoms with E-state index >= 15 is 0 Å². The van der Waals surface area contributed by atoms with Crippen LogP contribution in [-0.2, 0) is 9.31 Å². The lowest BCUT2D eigenvalue weighted by Gasteiger charge is -2.32. The molecule has 144 valence electrons. The molecule has 2 aromatic rings. The Hall–Kier alpha value is -2.39. The number of carboxylic acid groups (broad SMARTS) is 1. The summed E-state index contributed by atoms with van der Waals surface area (Å²) < 4.78 is 12.3. The van der Waals surface area contributed by atoms with Gasteiger partial charge in [0.15, 0.2) is 0 Å². The van der Waals surface area contributed by atoms with E-state index in [9.17, 15) is 4.79 Å². The molecule has 9 heteroatoms. The molecule has 1 aromatic carbocycles. The SMILES string of the molecule is Cc1nc2cccc(B3OC(C)(C)C(C)(C)O3)c2nc1NCCNC(=O)O. The Labute approximate surface area is 158 Å². The van der Waals surface area contributed by atoms with Crippen molar-refractivity contribution in [2.75, 3.05) is 18.4 Å². The number of aromatic nitrogens is 2. The van der Waals surface area contributed by atoms with Crippen molar-refractivity contribution in [1.82, 2.24) is 15.3 Å². The third kappa shape index (κ3) is 3.84. The first-order valence-corrected chi connectivity index (χ1v) is 8.94. The Balaban J connectivity index is 1.91. The fraction of sp³-hybridized carbons (Fsp3) is 0.500. The smallest absolute Gasteiger partial charge is 0.465 e.